The molecule has 106 valence electrons. The minimum Gasteiger partial charge on any atom is -0.351 e. The second kappa shape index (κ2) is 7.20. The predicted octanol–water partition coefficient (Wildman–Crippen LogP) is 0.771. The lowest BCUT2D eigenvalue weighted by atomic mass is 10.2. The van der Waals surface area contributed by atoms with Gasteiger partial charge in [0.2, 0.25) is 15.9 Å². The zero-order valence-electron chi connectivity index (χ0n) is 10.6. The van der Waals surface area contributed by atoms with Crippen LogP contribution in [-0.4, -0.2) is 26.6 Å². The molecule has 1 amide bonds. The molecule has 0 unspecified atom stereocenters. The van der Waals surface area contributed by atoms with E-state index >= 15 is 0 Å². The molecule has 0 aliphatic carbocycles. The first-order valence-corrected chi connectivity index (χ1v) is 7.56. The smallest absolute Gasteiger partial charge is 0.235 e. The van der Waals surface area contributed by atoms with Gasteiger partial charge in [0, 0.05) is 6.54 Å². The lowest BCUT2D eigenvalue weighted by molar-refractivity contribution is -0.120. The summed E-state index contributed by atoms with van der Waals surface area (Å²) in [4.78, 5) is 11.4. The molecule has 0 aromatic heterocycles. The fourth-order valence-electron chi connectivity index (χ4n) is 1.38. The highest BCUT2D eigenvalue weighted by Gasteiger charge is 2.10. The van der Waals surface area contributed by atoms with E-state index in [0.29, 0.717) is 6.42 Å². The molecular weight excluding hydrogens is 271 g/mol. The highest BCUT2D eigenvalue weighted by molar-refractivity contribution is 7.89. The van der Waals surface area contributed by atoms with Gasteiger partial charge in [0.1, 0.15) is 5.82 Å². The molecule has 0 saturated carbocycles. The summed E-state index contributed by atoms with van der Waals surface area (Å²) in [6.07, 6.45) is 0.493. The molecule has 0 spiro atoms. The van der Waals surface area contributed by atoms with Crippen molar-refractivity contribution in [1.29, 1.82) is 0 Å². The molecule has 0 aliphatic rings. The Kier molecular flexibility index (Phi) is 5.91. The van der Waals surface area contributed by atoms with E-state index in [-0.39, 0.29) is 24.7 Å². The van der Waals surface area contributed by atoms with E-state index in [2.05, 4.69) is 10.0 Å². The van der Waals surface area contributed by atoms with Crippen molar-refractivity contribution in [2.45, 2.75) is 19.9 Å². The van der Waals surface area contributed by atoms with Crippen molar-refractivity contribution < 1.29 is 17.6 Å². The van der Waals surface area contributed by atoms with E-state index in [9.17, 15) is 17.6 Å². The van der Waals surface area contributed by atoms with Crippen molar-refractivity contribution in [1.82, 2.24) is 10.0 Å². The van der Waals surface area contributed by atoms with Gasteiger partial charge in [-0.1, -0.05) is 19.1 Å². The zero-order chi connectivity index (χ0) is 14.3. The molecular formula is C12H17FN2O3S. The molecule has 1 rings (SSSR count). The molecule has 0 heterocycles. The van der Waals surface area contributed by atoms with Gasteiger partial charge >= 0.3 is 0 Å². The fourth-order valence-corrected chi connectivity index (χ4v) is 2.41. The van der Waals surface area contributed by atoms with Crippen LogP contribution in [0.25, 0.3) is 0 Å². The van der Waals surface area contributed by atoms with Gasteiger partial charge in [-0.25, -0.2) is 17.5 Å². The van der Waals surface area contributed by atoms with E-state index in [1.807, 2.05) is 0 Å². The third kappa shape index (κ3) is 6.30. The van der Waals surface area contributed by atoms with Crippen LogP contribution < -0.4 is 10.0 Å². The van der Waals surface area contributed by atoms with Crippen LogP contribution in [0.2, 0.25) is 0 Å². The van der Waals surface area contributed by atoms with Crippen LogP contribution in [-0.2, 0) is 21.4 Å². The molecule has 0 fully saturated rings. The number of rotatable bonds is 7. The summed E-state index contributed by atoms with van der Waals surface area (Å²) in [6, 6.07) is 5.70. The van der Waals surface area contributed by atoms with Gasteiger partial charge < -0.3 is 5.32 Å². The highest BCUT2D eigenvalue weighted by Crippen LogP contribution is 2.01. The van der Waals surface area contributed by atoms with Crippen molar-refractivity contribution in [2.24, 2.45) is 0 Å². The monoisotopic (exact) mass is 288 g/mol. The Morgan fingerprint density at radius 1 is 1.26 bits per heavy atom. The minimum absolute atomic E-state index is 0.00174. The maximum atomic E-state index is 12.6. The Labute approximate surface area is 112 Å². The molecule has 0 atom stereocenters. The Morgan fingerprint density at radius 3 is 2.47 bits per heavy atom. The Bertz CT molecular complexity index is 514. The summed E-state index contributed by atoms with van der Waals surface area (Å²) in [5.74, 6) is -0.774. The number of carbonyl (C=O) groups excluding carboxylic acids is 1. The van der Waals surface area contributed by atoms with Gasteiger partial charge in [0.15, 0.2) is 0 Å². The number of hydrogen-bond donors (Lipinski definition) is 2. The first-order chi connectivity index (χ1) is 8.93. The summed E-state index contributed by atoms with van der Waals surface area (Å²) in [5, 5.41) is 2.54. The molecule has 1 aromatic rings. The zero-order valence-corrected chi connectivity index (χ0v) is 11.5. The summed E-state index contributed by atoms with van der Waals surface area (Å²) in [7, 11) is -3.38. The maximum Gasteiger partial charge on any atom is 0.235 e. The van der Waals surface area contributed by atoms with E-state index < -0.39 is 15.9 Å². The fraction of sp³-hybridized carbons (Fsp3) is 0.417. The van der Waals surface area contributed by atoms with Gasteiger partial charge in [-0.15, -0.1) is 0 Å². The average Bonchev–Trinajstić information content (AvgIpc) is 2.36. The molecule has 0 saturated heterocycles. The molecule has 7 heteroatoms. The number of nitrogens with one attached hydrogen (secondary N) is 2. The second-order valence-corrected chi connectivity index (χ2v) is 5.97. The molecule has 19 heavy (non-hydrogen) atoms. The van der Waals surface area contributed by atoms with E-state index in [4.69, 9.17) is 0 Å². The van der Waals surface area contributed by atoms with Crippen molar-refractivity contribution in [2.75, 3.05) is 12.3 Å². The first-order valence-electron chi connectivity index (χ1n) is 5.91. The SMILES string of the molecule is CCCS(=O)(=O)NCC(=O)NCc1ccc(F)cc1. The van der Waals surface area contributed by atoms with E-state index in [0.717, 1.165) is 5.56 Å². The number of sulfonamides is 1. The maximum absolute atomic E-state index is 12.6. The van der Waals surface area contributed by atoms with Gasteiger partial charge in [-0.3, -0.25) is 4.79 Å². The normalized spacial score (nSPS) is 11.3. The van der Waals surface area contributed by atoms with Gasteiger partial charge in [0.05, 0.1) is 12.3 Å². The standard InChI is InChI=1S/C12H17FN2O3S/c1-2-7-19(17,18)15-9-12(16)14-8-10-3-5-11(13)6-4-10/h3-6,15H,2,7-9H2,1H3,(H,14,16). The summed E-state index contributed by atoms with van der Waals surface area (Å²) in [6.45, 7) is 1.69. The van der Waals surface area contributed by atoms with Crippen molar-refractivity contribution >= 4 is 15.9 Å². The Balaban J connectivity index is 2.34. The predicted molar refractivity (Wildman–Crippen MR) is 70.3 cm³/mol. The minimum atomic E-state index is -3.38. The summed E-state index contributed by atoms with van der Waals surface area (Å²) >= 11 is 0. The van der Waals surface area contributed by atoms with Gasteiger partial charge in [-0.05, 0) is 24.1 Å². The number of amides is 1. The Morgan fingerprint density at radius 2 is 1.89 bits per heavy atom. The van der Waals surface area contributed by atoms with Gasteiger partial charge in [0.25, 0.3) is 0 Å². The summed E-state index contributed by atoms with van der Waals surface area (Å²) < 4.78 is 37.5. The number of halogens is 1. The van der Waals surface area contributed by atoms with Crippen LogP contribution >= 0.6 is 0 Å². The van der Waals surface area contributed by atoms with Crippen LogP contribution in [0, 0.1) is 5.82 Å². The van der Waals surface area contributed by atoms with Crippen molar-refractivity contribution in [3.63, 3.8) is 0 Å². The largest absolute Gasteiger partial charge is 0.351 e. The number of carbonyl (C=O) groups is 1. The molecule has 0 aliphatic heterocycles. The molecule has 0 bridgehead atoms. The van der Waals surface area contributed by atoms with Crippen LogP contribution in [0.15, 0.2) is 24.3 Å². The van der Waals surface area contributed by atoms with Gasteiger partial charge in [-0.2, -0.15) is 0 Å². The summed E-state index contributed by atoms with van der Waals surface area (Å²) in [5.41, 5.74) is 0.742. The highest BCUT2D eigenvalue weighted by atomic mass is 32.2. The average molecular weight is 288 g/mol. The molecule has 5 nitrogen and oxygen atoms in total. The second-order valence-electron chi connectivity index (χ2n) is 4.04. The quantitative estimate of drug-likeness (QED) is 0.778. The third-order valence-corrected chi connectivity index (χ3v) is 3.86. The van der Waals surface area contributed by atoms with Crippen LogP contribution in [0.1, 0.15) is 18.9 Å². The number of hydrogen-bond acceptors (Lipinski definition) is 3. The molecule has 2 N–H and O–H groups in total. The van der Waals surface area contributed by atoms with Crippen LogP contribution in [0.3, 0.4) is 0 Å². The van der Waals surface area contributed by atoms with Crippen LogP contribution in [0.5, 0.6) is 0 Å². The van der Waals surface area contributed by atoms with Crippen molar-refractivity contribution in [3.05, 3.63) is 35.6 Å². The molecule has 1 aromatic carbocycles. The first kappa shape index (κ1) is 15.6. The van der Waals surface area contributed by atoms with E-state index in [1.54, 1.807) is 19.1 Å². The third-order valence-electron chi connectivity index (χ3n) is 2.33. The molecule has 0 radical (unpaired) electrons. The van der Waals surface area contributed by atoms with Crippen LogP contribution in [0.4, 0.5) is 4.39 Å². The lowest BCUT2D eigenvalue weighted by Gasteiger charge is -2.07. The van der Waals surface area contributed by atoms with Crippen molar-refractivity contribution in [3.8, 4) is 0 Å². The lowest BCUT2D eigenvalue weighted by Crippen LogP contribution is -2.37. The Hall–Kier alpha value is -1.47. The van der Waals surface area contributed by atoms with E-state index in [1.165, 1.54) is 12.1 Å². The number of benzene rings is 1. The topological polar surface area (TPSA) is 75.3 Å².